The molecule has 1 unspecified atom stereocenters. The second-order valence-electron chi connectivity index (χ2n) is 3.31. The van der Waals surface area contributed by atoms with Crippen molar-refractivity contribution < 1.29 is 14.3 Å². The standard InChI is InChI=1S/C10H17NO3/c1-13-6-2-4-8(11)10(12)9-5-3-7-14-9/h5,8H,2-4,6-7,11H2,1H3. The molecule has 1 rings (SSSR count). The number of carbonyl (C=O) groups is 1. The first-order chi connectivity index (χ1) is 6.75. The molecule has 1 aliphatic heterocycles. The Balaban J connectivity index is 2.28. The zero-order valence-electron chi connectivity index (χ0n) is 8.49. The van der Waals surface area contributed by atoms with Crippen LogP contribution >= 0.6 is 0 Å². The molecule has 0 aliphatic carbocycles. The summed E-state index contributed by atoms with van der Waals surface area (Å²) in [4.78, 5) is 11.6. The second-order valence-corrected chi connectivity index (χ2v) is 3.31. The van der Waals surface area contributed by atoms with Gasteiger partial charge < -0.3 is 15.2 Å². The Morgan fingerprint density at radius 3 is 3.14 bits per heavy atom. The molecule has 2 N–H and O–H groups in total. The van der Waals surface area contributed by atoms with Crippen LogP contribution in [-0.2, 0) is 14.3 Å². The molecule has 0 bridgehead atoms. The first kappa shape index (κ1) is 11.2. The first-order valence-electron chi connectivity index (χ1n) is 4.87. The summed E-state index contributed by atoms with van der Waals surface area (Å²) in [5.74, 6) is 0.355. The lowest BCUT2D eigenvalue weighted by Gasteiger charge is -2.10. The molecular formula is C10H17NO3. The Morgan fingerprint density at radius 1 is 1.79 bits per heavy atom. The quantitative estimate of drug-likeness (QED) is 0.637. The van der Waals surface area contributed by atoms with Gasteiger partial charge in [0.1, 0.15) is 0 Å². The lowest BCUT2D eigenvalue weighted by molar-refractivity contribution is -0.119. The summed E-state index contributed by atoms with van der Waals surface area (Å²) in [5.41, 5.74) is 5.71. The molecule has 1 heterocycles. The number of ketones is 1. The molecular weight excluding hydrogens is 182 g/mol. The first-order valence-corrected chi connectivity index (χ1v) is 4.87. The van der Waals surface area contributed by atoms with Gasteiger partial charge in [-0.2, -0.15) is 0 Å². The molecule has 4 heteroatoms. The van der Waals surface area contributed by atoms with Crippen LogP contribution in [0.1, 0.15) is 19.3 Å². The van der Waals surface area contributed by atoms with Gasteiger partial charge in [0.15, 0.2) is 5.76 Å². The van der Waals surface area contributed by atoms with E-state index in [-0.39, 0.29) is 5.78 Å². The summed E-state index contributed by atoms with van der Waals surface area (Å²) in [6, 6.07) is -0.450. The van der Waals surface area contributed by atoms with Gasteiger partial charge in [0.25, 0.3) is 0 Å². The Morgan fingerprint density at radius 2 is 2.57 bits per heavy atom. The lowest BCUT2D eigenvalue weighted by Crippen LogP contribution is -2.32. The van der Waals surface area contributed by atoms with E-state index in [1.807, 2.05) is 0 Å². The van der Waals surface area contributed by atoms with E-state index in [1.165, 1.54) is 0 Å². The number of Topliss-reactive ketones (excluding diaryl/α,β-unsaturated/α-hetero) is 1. The minimum Gasteiger partial charge on any atom is -0.490 e. The zero-order valence-corrected chi connectivity index (χ0v) is 8.49. The summed E-state index contributed by atoms with van der Waals surface area (Å²) < 4.78 is 10.0. The zero-order chi connectivity index (χ0) is 10.4. The van der Waals surface area contributed by atoms with Gasteiger partial charge >= 0.3 is 0 Å². The van der Waals surface area contributed by atoms with Crippen molar-refractivity contribution in [1.82, 2.24) is 0 Å². The molecule has 14 heavy (non-hydrogen) atoms. The molecule has 0 aromatic rings. The second kappa shape index (κ2) is 5.78. The van der Waals surface area contributed by atoms with Crippen molar-refractivity contribution in [2.75, 3.05) is 20.3 Å². The number of hydrogen-bond donors (Lipinski definition) is 1. The molecule has 0 radical (unpaired) electrons. The SMILES string of the molecule is COCCCC(N)C(=O)C1=CCCO1. The number of nitrogens with two attached hydrogens (primary N) is 1. The van der Waals surface area contributed by atoms with E-state index in [0.717, 1.165) is 12.8 Å². The molecule has 4 nitrogen and oxygen atoms in total. The van der Waals surface area contributed by atoms with Crippen molar-refractivity contribution in [1.29, 1.82) is 0 Å². The van der Waals surface area contributed by atoms with Crippen molar-refractivity contribution in [2.45, 2.75) is 25.3 Å². The van der Waals surface area contributed by atoms with Gasteiger partial charge in [-0.25, -0.2) is 0 Å². The Kier molecular flexibility index (Phi) is 4.62. The van der Waals surface area contributed by atoms with E-state index in [2.05, 4.69) is 0 Å². The Hall–Kier alpha value is -0.870. The predicted molar refractivity (Wildman–Crippen MR) is 52.7 cm³/mol. The van der Waals surface area contributed by atoms with Crippen LogP contribution < -0.4 is 5.73 Å². The van der Waals surface area contributed by atoms with Crippen molar-refractivity contribution in [3.63, 3.8) is 0 Å². The number of hydrogen-bond acceptors (Lipinski definition) is 4. The largest absolute Gasteiger partial charge is 0.490 e. The van der Waals surface area contributed by atoms with Crippen LogP contribution in [0, 0.1) is 0 Å². The molecule has 80 valence electrons. The number of carbonyl (C=O) groups excluding carboxylic acids is 1. The van der Waals surface area contributed by atoms with Crippen LogP contribution in [0.5, 0.6) is 0 Å². The Bertz CT molecular complexity index is 225. The average Bonchev–Trinajstić information content (AvgIpc) is 2.69. The van der Waals surface area contributed by atoms with Crippen LogP contribution in [0.2, 0.25) is 0 Å². The van der Waals surface area contributed by atoms with Gasteiger partial charge in [-0.05, 0) is 18.9 Å². The Labute approximate surface area is 84.1 Å². The summed E-state index contributed by atoms with van der Waals surface area (Å²) in [6.45, 7) is 1.24. The lowest BCUT2D eigenvalue weighted by atomic mass is 10.1. The van der Waals surface area contributed by atoms with Gasteiger partial charge in [0, 0.05) is 20.1 Å². The maximum absolute atomic E-state index is 11.6. The van der Waals surface area contributed by atoms with Gasteiger partial charge in [0.05, 0.1) is 12.6 Å². The number of rotatable bonds is 6. The van der Waals surface area contributed by atoms with Crippen molar-refractivity contribution >= 4 is 5.78 Å². The molecule has 0 fully saturated rings. The van der Waals surface area contributed by atoms with Gasteiger partial charge in [0.2, 0.25) is 5.78 Å². The fourth-order valence-corrected chi connectivity index (χ4v) is 1.35. The van der Waals surface area contributed by atoms with E-state index in [1.54, 1.807) is 13.2 Å². The predicted octanol–water partition coefficient (Wildman–Crippen LogP) is 0.614. The summed E-state index contributed by atoms with van der Waals surface area (Å²) >= 11 is 0. The van der Waals surface area contributed by atoms with Crippen molar-refractivity contribution in [2.24, 2.45) is 5.73 Å². The molecule has 0 saturated carbocycles. The normalized spacial score (nSPS) is 17.4. The van der Waals surface area contributed by atoms with Crippen molar-refractivity contribution in [3.05, 3.63) is 11.8 Å². The smallest absolute Gasteiger partial charge is 0.213 e. The van der Waals surface area contributed by atoms with E-state index < -0.39 is 6.04 Å². The van der Waals surface area contributed by atoms with Gasteiger partial charge in [-0.1, -0.05) is 0 Å². The van der Waals surface area contributed by atoms with E-state index in [4.69, 9.17) is 15.2 Å². The van der Waals surface area contributed by atoms with E-state index in [0.29, 0.717) is 25.4 Å². The van der Waals surface area contributed by atoms with Crippen LogP contribution in [0.3, 0.4) is 0 Å². The van der Waals surface area contributed by atoms with E-state index >= 15 is 0 Å². The minimum atomic E-state index is -0.450. The van der Waals surface area contributed by atoms with Crippen molar-refractivity contribution in [3.8, 4) is 0 Å². The fourth-order valence-electron chi connectivity index (χ4n) is 1.35. The van der Waals surface area contributed by atoms with Gasteiger partial charge in [-0.3, -0.25) is 4.79 Å². The maximum atomic E-state index is 11.6. The summed E-state index contributed by atoms with van der Waals surface area (Å²) in [6.07, 6.45) is 4.06. The maximum Gasteiger partial charge on any atom is 0.213 e. The van der Waals surface area contributed by atoms with Crippen LogP contribution in [0.15, 0.2) is 11.8 Å². The summed E-state index contributed by atoms with van der Waals surface area (Å²) in [7, 11) is 1.63. The third kappa shape index (κ3) is 3.12. The third-order valence-corrected chi connectivity index (χ3v) is 2.15. The summed E-state index contributed by atoms with van der Waals surface area (Å²) in [5, 5.41) is 0. The third-order valence-electron chi connectivity index (χ3n) is 2.15. The highest BCUT2D eigenvalue weighted by Crippen LogP contribution is 2.12. The molecule has 0 spiro atoms. The van der Waals surface area contributed by atoms with E-state index in [9.17, 15) is 4.79 Å². The minimum absolute atomic E-state index is 0.0846. The average molecular weight is 199 g/mol. The molecule has 0 aromatic heterocycles. The highest BCUT2D eigenvalue weighted by atomic mass is 16.5. The molecule has 1 atom stereocenters. The molecule has 0 saturated heterocycles. The fraction of sp³-hybridized carbons (Fsp3) is 0.700. The molecule has 0 aromatic carbocycles. The number of methoxy groups -OCH3 is 1. The molecule has 1 aliphatic rings. The molecule has 0 amide bonds. The van der Waals surface area contributed by atoms with Crippen LogP contribution in [0.25, 0.3) is 0 Å². The monoisotopic (exact) mass is 199 g/mol. The van der Waals surface area contributed by atoms with Crippen LogP contribution in [-0.4, -0.2) is 32.1 Å². The topological polar surface area (TPSA) is 61.5 Å². The number of ether oxygens (including phenoxy) is 2. The van der Waals surface area contributed by atoms with Crippen LogP contribution in [0.4, 0.5) is 0 Å². The highest BCUT2D eigenvalue weighted by molar-refractivity contribution is 5.97. The highest BCUT2D eigenvalue weighted by Gasteiger charge is 2.21. The van der Waals surface area contributed by atoms with Gasteiger partial charge in [-0.15, -0.1) is 0 Å².